The van der Waals surface area contributed by atoms with Crippen LogP contribution in [0.2, 0.25) is 0 Å². The first-order valence-corrected chi connectivity index (χ1v) is 6.90. The number of hydrogen-bond donors (Lipinski definition) is 1. The molecule has 0 bridgehead atoms. The lowest BCUT2D eigenvalue weighted by atomic mass is 10.2. The van der Waals surface area contributed by atoms with Crippen molar-refractivity contribution in [3.8, 4) is 0 Å². The molecule has 0 fully saturated rings. The molecule has 2 aromatic rings. The summed E-state index contributed by atoms with van der Waals surface area (Å²) in [6.45, 7) is 7.29. The van der Waals surface area contributed by atoms with Crippen LogP contribution >= 0.6 is 15.9 Å². The zero-order valence-electron chi connectivity index (χ0n) is 11.3. The molecule has 96 valence electrons. The van der Waals surface area contributed by atoms with Crippen molar-refractivity contribution in [2.75, 3.05) is 5.32 Å². The van der Waals surface area contributed by atoms with E-state index in [9.17, 15) is 0 Å². The number of nitrogens with zero attached hydrogens (tertiary/aromatic N) is 1. The molecule has 1 N–H and O–H groups in total. The Balaban J connectivity index is 2.16. The third-order valence-electron chi connectivity index (χ3n) is 3.62. The fourth-order valence-corrected chi connectivity index (χ4v) is 2.47. The molecule has 2 nitrogen and oxygen atoms in total. The normalized spacial score (nSPS) is 10.7. The van der Waals surface area contributed by atoms with Crippen LogP contribution in [0.15, 0.2) is 28.7 Å². The zero-order chi connectivity index (χ0) is 13.3. The Kier molecular flexibility index (Phi) is 3.81. The van der Waals surface area contributed by atoms with Crippen molar-refractivity contribution in [1.82, 2.24) is 4.57 Å². The minimum Gasteiger partial charge on any atom is -0.381 e. The molecule has 0 aliphatic rings. The number of anilines is 1. The second kappa shape index (κ2) is 5.19. The molecule has 0 aliphatic heterocycles. The van der Waals surface area contributed by atoms with Gasteiger partial charge in [0, 0.05) is 35.1 Å². The van der Waals surface area contributed by atoms with Gasteiger partial charge in [-0.3, -0.25) is 0 Å². The fraction of sp³-hybridized carbons (Fsp3) is 0.333. The highest BCUT2D eigenvalue weighted by atomic mass is 79.9. The number of benzene rings is 1. The minimum absolute atomic E-state index is 0.866. The van der Waals surface area contributed by atoms with Gasteiger partial charge in [-0.25, -0.2) is 0 Å². The van der Waals surface area contributed by atoms with Gasteiger partial charge in [0.15, 0.2) is 0 Å². The van der Waals surface area contributed by atoms with Crippen molar-refractivity contribution in [2.45, 2.75) is 27.3 Å². The Morgan fingerprint density at radius 1 is 1.22 bits per heavy atom. The molecule has 18 heavy (non-hydrogen) atoms. The van der Waals surface area contributed by atoms with Gasteiger partial charge < -0.3 is 9.88 Å². The van der Waals surface area contributed by atoms with Crippen molar-refractivity contribution in [1.29, 1.82) is 0 Å². The highest BCUT2D eigenvalue weighted by molar-refractivity contribution is 9.10. The van der Waals surface area contributed by atoms with Gasteiger partial charge in [0.2, 0.25) is 0 Å². The Hall–Kier alpha value is -1.22. The molecule has 3 heteroatoms. The monoisotopic (exact) mass is 306 g/mol. The van der Waals surface area contributed by atoms with Gasteiger partial charge in [-0.15, -0.1) is 0 Å². The Morgan fingerprint density at radius 2 is 1.94 bits per heavy atom. The van der Waals surface area contributed by atoms with Gasteiger partial charge in [-0.05, 0) is 50.1 Å². The quantitative estimate of drug-likeness (QED) is 0.893. The Bertz CT molecular complexity index is 570. The second-order valence-corrected chi connectivity index (χ2v) is 5.58. The molecule has 1 aromatic heterocycles. The summed E-state index contributed by atoms with van der Waals surface area (Å²) in [4.78, 5) is 0. The maximum absolute atomic E-state index is 3.56. The molecule has 0 aliphatic carbocycles. The molecule has 0 amide bonds. The lowest BCUT2D eigenvalue weighted by Crippen LogP contribution is -2.02. The molecular weight excluding hydrogens is 288 g/mol. The van der Waals surface area contributed by atoms with Crippen LogP contribution in [0.25, 0.3) is 0 Å². The van der Waals surface area contributed by atoms with Crippen molar-refractivity contribution in [3.05, 3.63) is 51.3 Å². The molecule has 0 spiro atoms. The highest BCUT2D eigenvalue weighted by Gasteiger charge is 2.07. The fourth-order valence-electron chi connectivity index (χ4n) is 2.10. The largest absolute Gasteiger partial charge is 0.381 e. The predicted octanol–water partition coefficient (Wildman–Crippen LogP) is 4.32. The summed E-state index contributed by atoms with van der Waals surface area (Å²) in [5.74, 6) is 0. The number of rotatable bonds is 3. The van der Waals surface area contributed by atoms with Gasteiger partial charge in [0.1, 0.15) is 0 Å². The minimum atomic E-state index is 0.866. The molecule has 0 saturated carbocycles. The summed E-state index contributed by atoms with van der Waals surface area (Å²) in [7, 11) is 2.11. The third kappa shape index (κ3) is 2.46. The van der Waals surface area contributed by atoms with Crippen molar-refractivity contribution in [2.24, 2.45) is 7.05 Å². The zero-order valence-corrected chi connectivity index (χ0v) is 12.9. The van der Waals surface area contributed by atoms with Crippen LogP contribution in [0.5, 0.6) is 0 Å². The number of aromatic nitrogens is 1. The molecule has 0 unspecified atom stereocenters. The highest BCUT2D eigenvalue weighted by Crippen LogP contribution is 2.24. The first-order chi connectivity index (χ1) is 8.50. The summed E-state index contributed by atoms with van der Waals surface area (Å²) >= 11 is 3.56. The lowest BCUT2D eigenvalue weighted by Gasteiger charge is -2.11. The predicted molar refractivity (Wildman–Crippen MR) is 81.1 cm³/mol. The smallest absolute Gasteiger partial charge is 0.0418 e. The van der Waals surface area contributed by atoms with E-state index in [0.717, 1.165) is 11.0 Å². The van der Waals surface area contributed by atoms with E-state index in [-0.39, 0.29) is 0 Å². The van der Waals surface area contributed by atoms with E-state index in [1.807, 2.05) is 0 Å². The molecule has 1 heterocycles. The van der Waals surface area contributed by atoms with Crippen LogP contribution in [0, 0.1) is 20.8 Å². The summed E-state index contributed by atoms with van der Waals surface area (Å²) in [6.07, 6.45) is 0. The summed E-state index contributed by atoms with van der Waals surface area (Å²) in [5, 5.41) is 3.51. The first-order valence-electron chi connectivity index (χ1n) is 6.11. The molecular formula is C15H19BrN2. The van der Waals surface area contributed by atoms with Crippen molar-refractivity contribution >= 4 is 21.6 Å². The Labute approximate surface area is 117 Å². The van der Waals surface area contributed by atoms with E-state index in [1.165, 1.54) is 28.2 Å². The van der Waals surface area contributed by atoms with Crippen LogP contribution in [0.3, 0.4) is 0 Å². The summed E-state index contributed by atoms with van der Waals surface area (Å²) < 4.78 is 3.37. The van der Waals surface area contributed by atoms with Crippen LogP contribution in [0.4, 0.5) is 5.69 Å². The number of halogens is 1. The van der Waals surface area contributed by atoms with E-state index in [4.69, 9.17) is 0 Å². The number of hydrogen-bond acceptors (Lipinski definition) is 1. The first kappa shape index (κ1) is 13.2. The third-order valence-corrected chi connectivity index (χ3v) is 4.48. The SMILES string of the molecule is Cc1c(Br)cccc1NCc1cc(C)n(C)c1C. The van der Waals surface area contributed by atoms with Gasteiger partial charge in [0.05, 0.1) is 0 Å². The maximum atomic E-state index is 3.56. The molecule has 1 aromatic carbocycles. The lowest BCUT2D eigenvalue weighted by molar-refractivity contribution is 0.837. The summed E-state index contributed by atoms with van der Waals surface area (Å²) in [6, 6.07) is 8.49. The van der Waals surface area contributed by atoms with Crippen LogP contribution in [0.1, 0.15) is 22.5 Å². The van der Waals surface area contributed by atoms with Crippen LogP contribution in [-0.2, 0) is 13.6 Å². The van der Waals surface area contributed by atoms with E-state index in [1.54, 1.807) is 0 Å². The Morgan fingerprint density at radius 3 is 2.56 bits per heavy atom. The van der Waals surface area contributed by atoms with Gasteiger partial charge in [-0.2, -0.15) is 0 Å². The van der Waals surface area contributed by atoms with Gasteiger partial charge in [0.25, 0.3) is 0 Å². The van der Waals surface area contributed by atoms with Crippen molar-refractivity contribution < 1.29 is 0 Å². The topological polar surface area (TPSA) is 17.0 Å². The molecule has 2 rings (SSSR count). The molecule has 0 saturated heterocycles. The van der Waals surface area contributed by atoms with E-state index >= 15 is 0 Å². The van der Waals surface area contributed by atoms with Crippen LogP contribution < -0.4 is 5.32 Å². The van der Waals surface area contributed by atoms with Crippen molar-refractivity contribution in [3.63, 3.8) is 0 Å². The van der Waals surface area contributed by atoms with E-state index < -0.39 is 0 Å². The maximum Gasteiger partial charge on any atom is 0.0418 e. The standard InChI is InChI=1S/C15H19BrN2/c1-10-8-13(12(3)18(10)4)9-17-15-7-5-6-14(16)11(15)2/h5-8,17H,9H2,1-4H3. The number of nitrogens with one attached hydrogen (secondary N) is 1. The van der Waals surface area contributed by atoms with Gasteiger partial charge >= 0.3 is 0 Å². The van der Waals surface area contributed by atoms with Crippen LogP contribution in [-0.4, -0.2) is 4.57 Å². The average Bonchev–Trinajstić information content (AvgIpc) is 2.59. The molecule has 0 radical (unpaired) electrons. The number of aryl methyl sites for hydroxylation is 1. The average molecular weight is 307 g/mol. The summed E-state index contributed by atoms with van der Waals surface area (Å²) in [5.41, 5.74) is 6.42. The van der Waals surface area contributed by atoms with E-state index in [0.29, 0.717) is 0 Å². The van der Waals surface area contributed by atoms with Gasteiger partial charge in [-0.1, -0.05) is 22.0 Å². The van der Waals surface area contributed by atoms with E-state index in [2.05, 4.69) is 77.9 Å². The second-order valence-electron chi connectivity index (χ2n) is 4.72. The molecule has 0 atom stereocenters.